The molecule has 15 heavy (non-hydrogen) atoms. The third kappa shape index (κ3) is 2.81. The van der Waals surface area contributed by atoms with E-state index < -0.39 is 5.82 Å². The number of piperazine rings is 1. The van der Waals surface area contributed by atoms with Gasteiger partial charge in [0.2, 0.25) is 0 Å². The molecule has 0 amide bonds. The number of aromatic hydroxyl groups is 1. The highest BCUT2D eigenvalue weighted by molar-refractivity contribution is 5.85. The Hall–Kier alpha value is -0.840. The molecule has 1 heterocycles. The van der Waals surface area contributed by atoms with Crippen LogP contribution in [0, 0.1) is 5.82 Å². The van der Waals surface area contributed by atoms with Crippen LogP contribution >= 0.6 is 12.4 Å². The third-order valence-electron chi connectivity index (χ3n) is 2.42. The molecule has 3 nitrogen and oxygen atoms in total. The maximum Gasteiger partial charge on any atom is 0.165 e. The van der Waals surface area contributed by atoms with E-state index in [1.165, 1.54) is 12.1 Å². The predicted octanol–water partition coefficient (Wildman–Crippen LogP) is 1.19. The Morgan fingerprint density at radius 2 is 2.13 bits per heavy atom. The molecule has 1 aliphatic rings. The number of nitrogens with one attached hydrogen (secondary N) is 2. The summed E-state index contributed by atoms with van der Waals surface area (Å²) in [5.41, 5.74) is 0.868. The van der Waals surface area contributed by atoms with E-state index in [4.69, 9.17) is 5.11 Å². The van der Waals surface area contributed by atoms with Crippen LogP contribution in [0.2, 0.25) is 0 Å². The minimum Gasteiger partial charge on any atom is -0.505 e. The lowest BCUT2D eigenvalue weighted by Crippen LogP contribution is -2.42. The number of phenols is 1. The van der Waals surface area contributed by atoms with Gasteiger partial charge in [0.25, 0.3) is 0 Å². The number of hydrogen-bond donors (Lipinski definition) is 3. The van der Waals surface area contributed by atoms with Gasteiger partial charge in [-0.15, -0.1) is 12.4 Å². The summed E-state index contributed by atoms with van der Waals surface area (Å²) in [5.74, 6) is -0.854. The highest BCUT2D eigenvalue weighted by Gasteiger charge is 2.15. The van der Waals surface area contributed by atoms with Crippen molar-refractivity contribution < 1.29 is 9.50 Å². The lowest BCUT2D eigenvalue weighted by atomic mass is 10.1. The molecule has 1 aliphatic heterocycles. The van der Waals surface area contributed by atoms with Gasteiger partial charge in [-0.25, -0.2) is 4.39 Å². The monoisotopic (exact) mass is 232 g/mol. The number of phenolic OH excluding ortho intramolecular Hbond substituents is 1. The zero-order chi connectivity index (χ0) is 9.97. The number of benzene rings is 1. The molecule has 0 spiro atoms. The highest BCUT2D eigenvalue weighted by atomic mass is 35.5. The lowest BCUT2D eigenvalue weighted by Gasteiger charge is -2.24. The van der Waals surface area contributed by atoms with Crippen molar-refractivity contribution >= 4 is 12.4 Å². The first-order valence-electron chi connectivity index (χ1n) is 4.70. The average Bonchev–Trinajstić information content (AvgIpc) is 2.23. The molecule has 1 atom stereocenters. The van der Waals surface area contributed by atoms with Gasteiger partial charge in [-0.2, -0.15) is 0 Å². The third-order valence-corrected chi connectivity index (χ3v) is 2.42. The molecule has 1 fully saturated rings. The zero-order valence-corrected chi connectivity index (χ0v) is 8.98. The summed E-state index contributed by atoms with van der Waals surface area (Å²) in [6, 6.07) is 4.64. The van der Waals surface area contributed by atoms with E-state index in [0.29, 0.717) is 0 Å². The molecule has 0 aromatic heterocycles. The second-order valence-corrected chi connectivity index (χ2v) is 3.42. The quantitative estimate of drug-likeness (QED) is 0.682. The molecule has 0 bridgehead atoms. The first-order chi connectivity index (χ1) is 6.77. The fraction of sp³-hybridized carbons (Fsp3) is 0.400. The molecule has 1 aromatic carbocycles. The Kier molecular flexibility index (Phi) is 4.32. The molecular weight excluding hydrogens is 219 g/mol. The van der Waals surface area contributed by atoms with E-state index in [1.807, 2.05) is 0 Å². The van der Waals surface area contributed by atoms with Gasteiger partial charge in [-0.3, -0.25) is 0 Å². The molecule has 84 valence electrons. The SMILES string of the molecule is Cl.Oc1ccc([C@H]2CNCCN2)cc1F. The maximum atomic E-state index is 13.0. The van der Waals surface area contributed by atoms with Crippen molar-refractivity contribution in [2.75, 3.05) is 19.6 Å². The molecule has 0 radical (unpaired) electrons. The minimum atomic E-state index is -0.560. The van der Waals surface area contributed by atoms with Gasteiger partial charge < -0.3 is 15.7 Å². The van der Waals surface area contributed by atoms with Crippen LogP contribution < -0.4 is 10.6 Å². The Labute approximate surface area is 94.1 Å². The van der Waals surface area contributed by atoms with Gasteiger partial charge in [0.05, 0.1) is 0 Å². The highest BCUT2D eigenvalue weighted by Crippen LogP contribution is 2.21. The van der Waals surface area contributed by atoms with Crippen LogP contribution in [0.15, 0.2) is 18.2 Å². The second kappa shape index (κ2) is 5.30. The molecule has 1 saturated heterocycles. The van der Waals surface area contributed by atoms with Crippen LogP contribution in [0.25, 0.3) is 0 Å². The molecule has 2 rings (SSSR count). The van der Waals surface area contributed by atoms with Crippen LogP contribution in [0.3, 0.4) is 0 Å². The van der Waals surface area contributed by atoms with E-state index in [9.17, 15) is 4.39 Å². The summed E-state index contributed by atoms with van der Waals surface area (Å²) >= 11 is 0. The standard InChI is InChI=1S/C10H13FN2O.ClH/c11-8-5-7(1-2-10(8)14)9-6-12-3-4-13-9;/h1-2,5,9,12-14H,3-4,6H2;1H/t9-;/m1./s1. The summed E-state index contributed by atoms with van der Waals surface area (Å²) in [5, 5.41) is 15.5. The minimum absolute atomic E-state index is 0. The molecule has 0 unspecified atom stereocenters. The van der Waals surface area contributed by atoms with Gasteiger partial charge in [-0.1, -0.05) is 6.07 Å². The topological polar surface area (TPSA) is 44.3 Å². The van der Waals surface area contributed by atoms with Crippen molar-refractivity contribution in [3.63, 3.8) is 0 Å². The lowest BCUT2D eigenvalue weighted by molar-refractivity contribution is 0.417. The fourth-order valence-corrected chi connectivity index (χ4v) is 1.63. The predicted molar refractivity (Wildman–Crippen MR) is 58.9 cm³/mol. The largest absolute Gasteiger partial charge is 0.505 e. The van der Waals surface area contributed by atoms with Crippen LogP contribution in [0.5, 0.6) is 5.75 Å². The molecule has 0 saturated carbocycles. The summed E-state index contributed by atoms with van der Waals surface area (Å²) in [6.07, 6.45) is 0. The molecule has 1 aromatic rings. The van der Waals surface area contributed by atoms with Gasteiger partial charge in [0, 0.05) is 25.7 Å². The Bertz CT molecular complexity index is 329. The van der Waals surface area contributed by atoms with Crippen molar-refractivity contribution in [3.05, 3.63) is 29.6 Å². The maximum absolute atomic E-state index is 13.0. The van der Waals surface area contributed by atoms with Crippen LogP contribution in [-0.4, -0.2) is 24.7 Å². The van der Waals surface area contributed by atoms with Gasteiger partial charge in [0.15, 0.2) is 11.6 Å². The van der Waals surface area contributed by atoms with Crippen LogP contribution in [0.4, 0.5) is 4.39 Å². The van der Waals surface area contributed by atoms with E-state index in [2.05, 4.69) is 10.6 Å². The molecule has 0 aliphatic carbocycles. The van der Waals surface area contributed by atoms with E-state index in [-0.39, 0.29) is 24.2 Å². The molecule has 5 heteroatoms. The second-order valence-electron chi connectivity index (χ2n) is 3.42. The summed E-state index contributed by atoms with van der Waals surface area (Å²) in [4.78, 5) is 0. The molecular formula is C10H14ClFN2O. The van der Waals surface area contributed by atoms with Crippen LogP contribution in [0.1, 0.15) is 11.6 Å². The summed E-state index contributed by atoms with van der Waals surface area (Å²) < 4.78 is 13.0. The summed E-state index contributed by atoms with van der Waals surface area (Å²) in [7, 11) is 0. The van der Waals surface area contributed by atoms with Crippen LogP contribution in [-0.2, 0) is 0 Å². The average molecular weight is 233 g/mol. The zero-order valence-electron chi connectivity index (χ0n) is 8.16. The van der Waals surface area contributed by atoms with E-state index in [1.54, 1.807) is 6.07 Å². The van der Waals surface area contributed by atoms with Crippen molar-refractivity contribution in [1.29, 1.82) is 0 Å². The fourth-order valence-electron chi connectivity index (χ4n) is 1.63. The summed E-state index contributed by atoms with van der Waals surface area (Å²) in [6.45, 7) is 2.62. The normalized spacial score (nSPS) is 20.7. The number of hydrogen-bond acceptors (Lipinski definition) is 3. The van der Waals surface area contributed by atoms with Crippen molar-refractivity contribution in [2.24, 2.45) is 0 Å². The number of halogens is 2. The Morgan fingerprint density at radius 3 is 2.73 bits per heavy atom. The van der Waals surface area contributed by atoms with Gasteiger partial charge in [0.1, 0.15) is 0 Å². The van der Waals surface area contributed by atoms with Crippen molar-refractivity contribution in [3.8, 4) is 5.75 Å². The Morgan fingerprint density at radius 1 is 1.33 bits per heavy atom. The molecule has 3 N–H and O–H groups in total. The first-order valence-corrected chi connectivity index (χ1v) is 4.70. The Balaban J connectivity index is 0.00000112. The van der Waals surface area contributed by atoms with Crippen molar-refractivity contribution in [2.45, 2.75) is 6.04 Å². The van der Waals surface area contributed by atoms with E-state index in [0.717, 1.165) is 25.2 Å². The van der Waals surface area contributed by atoms with E-state index >= 15 is 0 Å². The van der Waals surface area contributed by atoms with Gasteiger partial charge in [-0.05, 0) is 17.7 Å². The van der Waals surface area contributed by atoms with Crippen molar-refractivity contribution in [1.82, 2.24) is 10.6 Å². The first kappa shape index (κ1) is 12.2. The smallest absolute Gasteiger partial charge is 0.165 e. The van der Waals surface area contributed by atoms with Gasteiger partial charge >= 0.3 is 0 Å². The number of rotatable bonds is 1.